The second-order valence-electron chi connectivity index (χ2n) is 9.65. The summed E-state index contributed by atoms with van der Waals surface area (Å²) in [7, 11) is 0. The number of nitrogens with one attached hydrogen (secondary N) is 2. The molecule has 0 saturated carbocycles. The molecule has 0 aliphatic carbocycles. The molecule has 5 rings (SSSR count). The molecule has 1 fully saturated rings. The predicted molar refractivity (Wildman–Crippen MR) is 152 cm³/mol. The maximum Gasteiger partial charge on any atom is 0.319 e. The van der Waals surface area contributed by atoms with Gasteiger partial charge in [-0.2, -0.15) is 0 Å². The van der Waals surface area contributed by atoms with E-state index in [2.05, 4.69) is 76.0 Å². The van der Waals surface area contributed by atoms with Crippen LogP contribution in [0.15, 0.2) is 97.3 Å². The normalized spacial score (nSPS) is 14.1. The van der Waals surface area contributed by atoms with E-state index in [4.69, 9.17) is 4.74 Å². The van der Waals surface area contributed by atoms with Gasteiger partial charge in [0.05, 0.1) is 0 Å². The van der Waals surface area contributed by atoms with Gasteiger partial charge in [-0.25, -0.2) is 4.79 Å². The minimum atomic E-state index is -0.265. The molecule has 1 atom stereocenters. The summed E-state index contributed by atoms with van der Waals surface area (Å²) in [5.41, 5.74) is 6.62. The van der Waals surface area contributed by atoms with Crippen molar-refractivity contribution < 1.29 is 9.53 Å². The smallest absolute Gasteiger partial charge is 0.319 e. The third-order valence-electron chi connectivity index (χ3n) is 7.09. The molecule has 1 aliphatic heterocycles. The molecule has 6 heteroatoms. The van der Waals surface area contributed by atoms with Gasteiger partial charge >= 0.3 is 6.03 Å². The number of urea groups is 1. The van der Waals surface area contributed by atoms with E-state index < -0.39 is 0 Å². The van der Waals surface area contributed by atoms with E-state index in [0.29, 0.717) is 24.9 Å². The first-order chi connectivity index (χ1) is 18.7. The number of carbonyl (C=O) groups is 1. The Balaban J connectivity index is 1.22. The molecule has 2 heterocycles. The zero-order chi connectivity index (χ0) is 26.2. The summed E-state index contributed by atoms with van der Waals surface area (Å²) in [5, 5.41) is 5.69. The molecule has 2 N–H and O–H groups in total. The van der Waals surface area contributed by atoms with Gasteiger partial charge in [0.2, 0.25) is 0 Å². The van der Waals surface area contributed by atoms with Gasteiger partial charge in [0.15, 0.2) is 0 Å². The van der Waals surface area contributed by atoms with Crippen LogP contribution in [0.2, 0.25) is 0 Å². The summed E-state index contributed by atoms with van der Waals surface area (Å²) in [4.78, 5) is 18.9. The number of benzene rings is 3. The summed E-state index contributed by atoms with van der Waals surface area (Å²) in [5.74, 6) is 0.750. The lowest BCUT2D eigenvalue weighted by Crippen LogP contribution is -2.28. The molecule has 0 spiro atoms. The molecule has 194 valence electrons. The lowest BCUT2D eigenvalue weighted by Gasteiger charge is -2.27. The van der Waals surface area contributed by atoms with Crippen molar-refractivity contribution >= 4 is 11.7 Å². The van der Waals surface area contributed by atoms with Crippen molar-refractivity contribution in [3.8, 4) is 16.9 Å². The monoisotopic (exact) mass is 506 g/mol. The van der Waals surface area contributed by atoms with Gasteiger partial charge in [-0.15, -0.1) is 0 Å². The van der Waals surface area contributed by atoms with Crippen molar-refractivity contribution in [2.24, 2.45) is 0 Å². The van der Waals surface area contributed by atoms with Crippen molar-refractivity contribution in [1.29, 1.82) is 0 Å². The van der Waals surface area contributed by atoms with Crippen molar-refractivity contribution in [3.05, 3.63) is 114 Å². The standard InChI is InChI=1S/C32H34N4O2/c1-24(36-19-6-7-20-36)29-11-4-5-13-31(29)30-12-3-2-10-26(30)23-38-28-16-14-27(15-17-28)35-32(37)34-22-25-9-8-18-33-21-25/h2-5,8-18,21,24H,6-7,19-20,22-23H2,1H3,(H2,34,35,37). The Kier molecular flexibility index (Phi) is 8.31. The molecule has 3 aromatic carbocycles. The largest absolute Gasteiger partial charge is 0.489 e. The zero-order valence-electron chi connectivity index (χ0n) is 21.8. The van der Waals surface area contributed by atoms with Crippen LogP contribution < -0.4 is 15.4 Å². The Morgan fingerprint density at radius 3 is 2.42 bits per heavy atom. The first-order valence-electron chi connectivity index (χ1n) is 13.3. The van der Waals surface area contributed by atoms with Crippen LogP contribution in [0.25, 0.3) is 11.1 Å². The Hall–Kier alpha value is -4.16. The minimum absolute atomic E-state index is 0.265. The van der Waals surface area contributed by atoms with E-state index in [9.17, 15) is 4.79 Å². The Bertz CT molecular complexity index is 1340. The highest BCUT2D eigenvalue weighted by Gasteiger charge is 2.22. The third kappa shape index (κ3) is 6.39. The molecule has 0 bridgehead atoms. The number of ether oxygens (including phenoxy) is 1. The van der Waals surface area contributed by atoms with Gasteiger partial charge in [-0.05, 0) is 91.0 Å². The number of likely N-dealkylation sites (tertiary alicyclic amines) is 1. The second kappa shape index (κ2) is 12.4. The maximum atomic E-state index is 12.2. The van der Waals surface area contributed by atoms with Crippen molar-refractivity contribution in [2.75, 3.05) is 18.4 Å². The quantitative estimate of drug-likeness (QED) is 0.262. The van der Waals surface area contributed by atoms with E-state index >= 15 is 0 Å². The van der Waals surface area contributed by atoms with Gasteiger partial charge < -0.3 is 15.4 Å². The fourth-order valence-electron chi connectivity index (χ4n) is 5.00. The molecule has 0 radical (unpaired) electrons. The number of amides is 2. The average molecular weight is 507 g/mol. The van der Waals surface area contributed by atoms with Gasteiger partial charge in [0.25, 0.3) is 0 Å². The van der Waals surface area contributed by atoms with E-state index in [1.54, 1.807) is 12.4 Å². The number of pyridine rings is 1. The van der Waals surface area contributed by atoms with Crippen LogP contribution in [0.3, 0.4) is 0 Å². The fraction of sp³-hybridized carbons (Fsp3) is 0.250. The Labute approximate surface area is 224 Å². The summed E-state index contributed by atoms with van der Waals surface area (Å²) in [6.45, 7) is 5.52. The highest BCUT2D eigenvalue weighted by Crippen LogP contribution is 2.35. The molecule has 38 heavy (non-hydrogen) atoms. The number of carbonyl (C=O) groups excluding carboxylic acids is 1. The second-order valence-corrected chi connectivity index (χ2v) is 9.65. The third-order valence-corrected chi connectivity index (χ3v) is 7.09. The SMILES string of the molecule is CC(c1ccccc1-c1ccccc1COc1ccc(NC(=O)NCc2cccnc2)cc1)N1CCCC1. The Morgan fingerprint density at radius 1 is 0.921 bits per heavy atom. The van der Waals surface area contributed by atoms with Crippen LogP contribution in [-0.4, -0.2) is 29.0 Å². The molecule has 1 unspecified atom stereocenters. The summed E-state index contributed by atoms with van der Waals surface area (Å²) in [6.07, 6.45) is 6.00. The number of hydrogen-bond acceptors (Lipinski definition) is 4. The highest BCUT2D eigenvalue weighted by molar-refractivity contribution is 5.89. The molecule has 1 aromatic heterocycles. The van der Waals surface area contributed by atoms with Crippen LogP contribution >= 0.6 is 0 Å². The summed E-state index contributed by atoms with van der Waals surface area (Å²) < 4.78 is 6.17. The average Bonchev–Trinajstić information content (AvgIpc) is 3.51. The van der Waals surface area contributed by atoms with Gasteiger partial charge in [0, 0.05) is 30.7 Å². The van der Waals surface area contributed by atoms with Crippen LogP contribution in [0, 0.1) is 0 Å². The number of hydrogen-bond donors (Lipinski definition) is 2. The highest BCUT2D eigenvalue weighted by atomic mass is 16.5. The molecule has 4 aromatic rings. The van der Waals surface area contributed by atoms with Gasteiger partial charge in [-0.3, -0.25) is 9.88 Å². The number of aromatic nitrogens is 1. The Morgan fingerprint density at radius 2 is 1.66 bits per heavy atom. The maximum absolute atomic E-state index is 12.2. The van der Waals surface area contributed by atoms with Crippen LogP contribution in [0.1, 0.15) is 42.5 Å². The first-order valence-corrected chi connectivity index (χ1v) is 13.3. The topological polar surface area (TPSA) is 66.5 Å². The predicted octanol–water partition coefficient (Wildman–Crippen LogP) is 6.81. The summed E-state index contributed by atoms with van der Waals surface area (Å²) in [6, 6.07) is 28.5. The molecular weight excluding hydrogens is 472 g/mol. The van der Waals surface area contributed by atoms with E-state index in [1.165, 1.54) is 29.5 Å². The first kappa shape index (κ1) is 25.5. The molecular formula is C32H34N4O2. The lowest BCUT2D eigenvalue weighted by atomic mass is 9.92. The van der Waals surface area contributed by atoms with Crippen molar-refractivity contribution in [1.82, 2.24) is 15.2 Å². The lowest BCUT2D eigenvalue weighted by molar-refractivity contribution is 0.251. The van der Waals surface area contributed by atoms with Crippen LogP contribution in [0.4, 0.5) is 10.5 Å². The number of nitrogens with zero attached hydrogens (tertiary/aromatic N) is 2. The van der Waals surface area contributed by atoms with E-state index in [1.807, 2.05) is 36.4 Å². The van der Waals surface area contributed by atoms with Crippen molar-refractivity contribution in [3.63, 3.8) is 0 Å². The van der Waals surface area contributed by atoms with Crippen LogP contribution in [0.5, 0.6) is 5.75 Å². The van der Waals surface area contributed by atoms with E-state index in [0.717, 1.165) is 30.0 Å². The molecule has 1 saturated heterocycles. The number of anilines is 1. The van der Waals surface area contributed by atoms with E-state index in [-0.39, 0.29) is 6.03 Å². The molecule has 1 aliphatic rings. The summed E-state index contributed by atoms with van der Waals surface area (Å²) >= 11 is 0. The molecule has 2 amide bonds. The molecule has 6 nitrogen and oxygen atoms in total. The zero-order valence-corrected chi connectivity index (χ0v) is 21.8. The number of rotatable bonds is 9. The van der Waals surface area contributed by atoms with Gasteiger partial charge in [0.1, 0.15) is 12.4 Å². The fourth-order valence-corrected chi connectivity index (χ4v) is 5.00. The van der Waals surface area contributed by atoms with Gasteiger partial charge in [-0.1, -0.05) is 54.6 Å². The van der Waals surface area contributed by atoms with Crippen molar-refractivity contribution in [2.45, 2.75) is 39.0 Å². The minimum Gasteiger partial charge on any atom is -0.489 e. The van der Waals surface area contributed by atoms with Crippen LogP contribution in [-0.2, 0) is 13.2 Å².